The van der Waals surface area contributed by atoms with E-state index in [2.05, 4.69) is 10.3 Å². The number of nitrogens with one attached hydrogen (secondary N) is 1. The molecule has 1 fully saturated rings. The number of ketones is 1. The number of unbranched alkanes of at least 4 members (excludes halogenated alkanes) is 2. The Morgan fingerprint density at radius 2 is 1.66 bits per heavy atom. The molecule has 44 heavy (non-hydrogen) atoms. The molecule has 1 aromatic heterocycles. The molecular weight excluding hydrogens is 599 g/mol. The molecule has 0 spiro atoms. The molecular formula is C33H39N3O6S2. The van der Waals surface area contributed by atoms with Crippen molar-refractivity contribution in [3.63, 3.8) is 0 Å². The van der Waals surface area contributed by atoms with Crippen LogP contribution in [0, 0.1) is 0 Å². The molecule has 3 aromatic rings. The van der Waals surface area contributed by atoms with Gasteiger partial charge < -0.3 is 10.4 Å². The molecule has 1 saturated heterocycles. The molecule has 0 radical (unpaired) electrons. The molecule has 4 rings (SSSR count). The van der Waals surface area contributed by atoms with Crippen LogP contribution in [0.25, 0.3) is 0 Å². The molecule has 11 heteroatoms. The van der Waals surface area contributed by atoms with Crippen LogP contribution in [0.15, 0.2) is 83.9 Å². The van der Waals surface area contributed by atoms with E-state index in [9.17, 15) is 27.9 Å². The number of amides is 1. The molecule has 1 aliphatic heterocycles. The Morgan fingerprint density at radius 1 is 0.977 bits per heavy atom. The van der Waals surface area contributed by atoms with E-state index in [4.69, 9.17) is 0 Å². The van der Waals surface area contributed by atoms with Gasteiger partial charge in [-0.15, -0.1) is 11.8 Å². The van der Waals surface area contributed by atoms with Gasteiger partial charge in [-0.2, -0.15) is 4.31 Å². The van der Waals surface area contributed by atoms with Crippen LogP contribution in [-0.2, 0) is 43.7 Å². The minimum Gasteiger partial charge on any atom is -0.480 e. The van der Waals surface area contributed by atoms with Gasteiger partial charge in [0.25, 0.3) is 0 Å². The molecule has 2 N–H and O–H groups in total. The average Bonchev–Trinajstić information content (AvgIpc) is 3.34. The molecule has 0 bridgehead atoms. The highest BCUT2D eigenvalue weighted by Crippen LogP contribution is 2.42. The van der Waals surface area contributed by atoms with Crippen molar-refractivity contribution in [2.75, 3.05) is 5.88 Å². The fourth-order valence-electron chi connectivity index (χ4n) is 5.26. The zero-order valence-corrected chi connectivity index (χ0v) is 26.6. The van der Waals surface area contributed by atoms with Crippen LogP contribution >= 0.6 is 11.8 Å². The number of aryl methyl sites for hydroxylation is 1. The molecule has 2 atom stereocenters. The van der Waals surface area contributed by atoms with E-state index in [-0.39, 0.29) is 23.0 Å². The molecule has 1 amide bonds. The molecule has 1 aliphatic rings. The third-order valence-corrected chi connectivity index (χ3v) is 11.1. The number of hydrogen-bond acceptors (Lipinski definition) is 7. The number of benzene rings is 2. The summed E-state index contributed by atoms with van der Waals surface area (Å²) in [5.41, 5.74) is 2.58. The second kappa shape index (κ2) is 15.0. The largest absolute Gasteiger partial charge is 0.480 e. The summed E-state index contributed by atoms with van der Waals surface area (Å²) in [4.78, 5) is 42.5. The highest BCUT2D eigenvalue weighted by molar-refractivity contribution is 8.02. The highest BCUT2D eigenvalue weighted by Gasteiger charge is 2.51. The summed E-state index contributed by atoms with van der Waals surface area (Å²) in [5, 5.41) is 12.5. The first-order valence-electron chi connectivity index (χ1n) is 14.7. The zero-order valence-electron chi connectivity index (χ0n) is 25.0. The van der Waals surface area contributed by atoms with Crippen molar-refractivity contribution in [3.05, 3.63) is 95.8 Å². The van der Waals surface area contributed by atoms with E-state index >= 15 is 0 Å². The lowest BCUT2D eigenvalue weighted by atomic mass is 9.99. The number of carboxylic acids is 1. The fraction of sp³-hybridized carbons (Fsp3) is 0.394. The van der Waals surface area contributed by atoms with Crippen LogP contribution in [0.5, 0.6) is 0 Å². The quantitative estimate of drug-likeness (QED) is 0.230. The predicted octanol–water partition coefficient (Wildman–Crippen LogP) is 4.65. The minimum absolute atomic E-state index is 0.0112. The van der Waals surface area contributed by atoms with Gasteiger partial charge >= 0.3 is 5.97 Å². The first-order chi connectivity index (χ1) is 21.0. The first kappa shape index (κ1) is 33.4. The van der Waals surface area contributed by atoms with Crippen molar-refractivity contribution < 1.29 is 27.9 Å². The number of thioether (sulfide) groups is 1. The third-order valence-electron chi connectivity index (χ3n) is 7.70. The van der Waals surface area contributed by atoms with E-state index in [1.807, 2.05) is 18.2 Å². The van der Waals surface area contributed by atoms with Crippen LogP contribution in [0.2, 0.25) is 0 Å². The summed E-state index contributed by atoms with van der Waals surface area (Å²) >= 11 is 1.33. The van der Waals surface area contributed by atoms with Crippen LogP contribution in [0.3, 0.4) is 0 Å². The second-order valence-corrected chi connectivity index (χ2v) is 15.0. The molecule has 0 aliphatic carbocycles. The number of carbonyl (C=O) groups is 3. The number of carboxylic acid groups (broad SMARTS) is 1. The van der Waals surface area contributed by atoms with Crippen molar-refractivity contribution in [3.8, 4) is 0 Å². The predicted molar refractivity (Wildman–Crippen MR) is 171 cm³/mol. The first-order valence-corrected chi connectivity index (χ1v) is 17.1. The molecule has 234 valence electrons. The number of rotatable bonds is 15. The molecule has 1 unspecified atom stereocenters. The van der Waals surface area contributed by atoms with Crippen molar-refractivity contribution in [2.45, 2.75) is 80.5 Å². The number of sulfonamides is 1. The normalized spacial score (nSPS) is 17.2. The summed E-state index contributed by atoms with van der Waals surface area (Å²) in [7, 11) is -3.98. The Morgan fingerprint density at radius 3 is 2.32 bits per heavy atom. The molecule has 9 nitrogen and oxygen atoms in total. The maximum absolute atomic E-state index is 13.5. The van der Waals surface area contributed by atoms with Gasteiger partial charge in [-0.3, -0.25) is 14.6 Å². The van der Waals surface area contributed by atoms with Gasteiger partial charge in [0, 0.05) is 35.9 Å². The van der Waals surface area contributed by atoms with Gasteiger partial charge in [0.15, 0.2) is 0 Å². The monoisotopic (exact) mass is 637 g/mol. The second-order valence-electron chi connectivity index (χ2n) is 11.5. The number of Topliss-reactive ketones (excluding diaryl/α,β-unsaturated/α-hetero) is 1. The summed E-state index contributed by atoms with van der Waals surface area (Å²) < 4.78 is 27.1. The smallest absolute Gasteiger partial charge is 0.326 e. The molecule has 0 saturated carbocycles. The lowest BCUT2D eigenvalue weighted by Gasteiger charge is -2.31. The van der Waals surface area contributed by atoms with Gasteiger partial charge in [0.1, 0.15) is 17.9 Å². The van der Waals surface area contributed by atoms with E-state index in [1.54, 1.807) is 62.5 Å². The van der Waals surface area contributed by atoms with Gasteiger partial charge in [0.05, 0.1) is 10.8 Å². The van der Waals surface area contributed by atoms with Gasteiger partial charge in [-0.05, 0) is 68.5 Å². The number of nitrogens with zero attached hydrogens (tertiary/aromatic N) is 2. The Balaban J connectivity index is 1.31. The van der Waals surface area contributed by atoms with E-state index < -0.39 is 38.7 Å². The minimum atomic E-state index is -3.98. The fourth-order valence-corrected chi connectivity index (χ4v) is 8.45. The Labute approximate surface area is 263 Å². The van der Waals surface area contributed by atoms with E-state index in [0.717, 1.165) is 41.2 Å². The lowest BCUT2D eigenvalue weighted by Crippen LogP contribution is -2.56. The van der Waals surface area contributed by atoms with E-state index in [0.29, 0.717) is 18.4 Å². The van der Waals surface area contributed by atoms with Crippen molar-refractivity contribution in [1.29, 1.82) is 0 Å². The van der Waals surface area contributed by atoms with E-state index in [1.165, 1.54) is 23.9 Å². The Hall–Kier alpha value is -3.54. The third kappa shape index (κ3) is 8.77. The summed E-state index contributed by atoms with van der Waals surface area (Å²) in [6.45, 7) is 3.56. The number of carbonyl (C=O) groups excluding carboxylic acids is 2. The standard InChI is InChI=1S/C33H39N3O6S2/c1-33(2)30(36(23-43-33)44(41,42)28-14-7-4-8-15-28)31(38)35-29(32(39)40)22-25-18-16-24(17-19-25)21-27(37)13-6-3-5-11-26-12-9-10-20-34-26/h4,7-10,12,14-20,29-30H,3,5-6,11,13,21-23H2,1-2H3,(H,35,38)(H,39,40)/t29?,30-/m1/s1. The van der Waals surface area contributed by atoms with Crippen LogP contribution in [-0.4, -0.2) is 63.2 Å². The number of hydrogen-bond donors (Lipinski definition) is 2. The number of pyridine rings is 1. The lowest BCUT2D eigenvalue weighted by molar-refractivity contribution is -0.142. The Kier molecular flexibility index (Phi) is 11.3. The summed E-state index contributed by atoms with van der Waals surface area (Å²) in [5.74, 6) is -1.65. The summed E-state index contributed by atoms with van der Waals surface area (Å²) in [6.07, 6.45) is 6.27. The van der Waals surface area contributed by atoms with Gasteiger partial charge in [0.2, 0.25) is 15.9 Å². The van der Waals surface area contributed by atoms with Gasteiger partial charge in [-0.25, -0.2) is 13.2 Å². The molecule has 2 aromatic carbocycles. The maximum atomic E-state index is 13.5. The van der Waals surface area contributed by atoms with Crippen molar-refractivity contribution >= 4 is 39.4 Å². The van der Waals surface area contributed by atoms with Crippen LogP contribution in [0.4, 0.5) is 0 Å². The zero-order chi connectivity index (χ0) is 31.7. The summed E-state index contributed by atoms with van der Waals surface area (Å²) in [6, 6.07) is 18.5. The topological polar surface area (TPSA) is 134 Å². The number of aliphatic carboxylic acids is 1. The highest BCUT2D eigenvalue weighted by atomic mass is 32.2. The van der Waals surface area contributed by atoms with Crippen LogP contribution in [0.1, 0.15) is 56.4 Å². The average molecular weight is 638 g/mol. The van der Waals surface area contributed by atoms with Crippen LogP contribution < -0.4 is 5.32 Å². The SMILES string of the molecule is CC1(C)SCN(S(=O)(=O)c2ccccc2)[C@@H]1C(=O)NC(Cc1ccc(CC(=O)CCCCCc2ccccn2)cc1)C(=O)O. The molecule has 2 heterocycles. The van der Waals surface area contributed by atoms with Crippen molar-refractivity contribution in [1.82, 2.24) is 14.6 Å². The van der Waals surface area contributed by atoms with Gasteiger partial charge in [-0.1, -0.05) is 55.0 Å². The van der Waals surface area contributed by atoms with Crippen molar-refractivity contribution in [2.24, 2.45) is 0 Å². The number of aromatic nitrogens is 1. The Bertz CT molecular complexity index is 1530. The maximum Gasteiger partial charge on any atom is 0.326 e.